The third-order valence-corrected chi connectivity index (χ3v) is 2.32. The average molecular weight is 210 g/mol. The van der Waals surface area contributed by atoms with Gasteiger partial charge in [0.15, 0.2) is 0 Å². The molecule has 1 rings (SSSR count). The number of halogens is 1. The Balaban J connectivity index is 2.78. The maximum Gasteiger partial charge on any atom is 0.251 e. The average Bonchev–Trinajstić information content (AvgIpc) is 2.17. The lowest BCUT2D eigenvalue weighted by atomic mass is 10.0. The van der Waals surface area contributed by atoms with Crippen molar-refractivity contribution in [1.29, 1.82) is 0 Å². The summed E-state index contributed by atoms with van der Waals surface area (Å²) in [6, 6.07) is 2.62. The van der Waals surface area contributed by atoms with Gasteiger partial charge in [0.25, 0.3) is 5.91 Å². The van der Waals surface area contributed by atoms with Crippen molar-refractivity contribution in [2.45, 2.75) is 32.7 Å². The van der Waals surface area contributed by atoms with Gasteiger partial charge in [-0.25, -0.2) is 4.98 Å². The minimum absolute atomic E-state index is 0.275. The van der Waals surface area contributed by atoms with Gasteiger partial charge in [-0.2, -0.15) is 4.39 Å². The second-order valence-corrected chi connectivity index (χ2v) is 4.06. The number of carbonyl (C=O) groups is 1. The van der Waals surface area contributed by atoms with Crippen molar-refractivity contribution in [3.05, 3.63) is 29.8 Å². The van der Waals surface area contributed by atoms with Crippen LogP contribution in [-0.2, 0) is 0 Å². The monoisotopic (exact) mass is 210 g/mol. The van der Waals surface area contributed by atoms with E-state index in [1.807, 2.05) is 20.8 Å². The largest absolute Gasteiger partial charge is 0.347 e. The summed E-state index contributed by atoms with van der Waals surface area (Å²) in [5, 5.41) is 2.82. The highest BCUT2D eigenvalue weighted by Crippen LogP contribution is 2.09. The molecule has 0 radical (unpaired) electrons. The van der Waals surface area contributed by atoms with Crippen molar-refractivity contribution >= 4 is 5.91 Å². The van der Waals surface area contributed by atoms with Crippen LogP contribution in [0.15, 0.2) is 18.3 Å². The first-order valence-electron chi connectivity index (χ1n) is 4.88. The molecule has 0 fully saturated rings. The van der Waals surface area contributed by atoms with E-state index in [1.54, 1.807) is 0 Å². The number of amides is 1. The summed E-state index contributed by atoms with van der Waals surface area (Å²) in [5.41, 5.74) is 0.0145. The van der Waals surface area contributed by atoms with Gasteiger partial charge in [-0.1, -0.05) is 6.92 Å². The number of pyridine rings is 1. The minimum Gasteiger partial charge on any atom is -0.347 e. The zero-order valence-corrected chi connectivity index (χ0v) is 9.17. The van der Waals surface area contributed by atoms with Gasteiger partial charge in [-0.15, -0.1) is 0 Å². The molecule has 0 aliphatic heterocycles. The molecule has 0 saturated heterocycles. The van der Waals surface area contributed by atoms with Gasteiger partial charge < -0.3 is 5.32 Å². The highest BCUT2D eigenvalue weighted by molar-refractivity contribution is 5.94. The van der Waals surface area contributed by atoms with E-state index in [-0.39, 0.29) is 11.4 Å². The molecule has 0 atom stereocenters. The number of aromatic nitrogens is 1. The van der Waals surface area contributed by atoms with Gasteiger partial charge in [0.2, 0.25) is 5.95 Å². The molecule has 3 nitrogen and oxygen atoms in total. The molecular weight excluding hydrogens is 195 g/mol. The molecule has 82 valence electrons. The second kappa shape index (κ2) is 4.38. The topological polar surface area (TPSA) is 42.0 Å². The Hall–Kier alpha value is -1.45. The van der Waals surface area contributed by atoms with Crippen molar-refractivity contribution in [1.82, 2.24) is 10.3 Å². The van der Waals surface area contributed by atoms with E-state index in [9.17, 15) is 9.18 Å². The summed E-state index contributed by atoms with van der Waals surface area (Å²) in [4.78, 5) is 15.1. The molecule has 0 saturated carbocycles. The number of carbonyl (C=O) groups excluding carboxylic acids is 1. The fourth-order valence-electron chi connectivity index (χ4n) is 1.01. The lowest BCUT2D eigenvalue weighted by Crippen LogP contribution is -2.42. The molecule has 1 aromatic heterocycles. The Morgan fingerprint density at radius 1 is 1.60 bits per heavy atom. The van der Waals surface area contributed by atoms with Crippen LogP contribution in [-0.4, -0.2) is 16.4 Å². The van der Waals surface area contributed by atoms with E-state index in [2.05, 4.69) is 10.3 Å². The van der Waals surface area contributed by atoms with E-state index in [4.69, 9.17) is 0 Å². The van der Waals surface area contributed by atoms with Crippen LogP contribution in [0.3, 0.4) is 0 Å². The van der Waals surface area contributed by atoms with Gasteiger partial charge in [0.05, 0.1) is 0 Å². The van der Waals surface area contributed by atoms with Gasteiger partial charge in [-0.05, 0) is 26.3 Å². The fraction of sp³-hybridized carbons (Fsp3) is 0.455. The van der Waals surface area contributed by atoms with Crippen LogP contribution in [0.25, 0.3) is 0 Å². The van der Waals surface area contributed by atoms with Crippen molar-refractivity contribution in [2.24, 2.45) is 0 Å². The molecule has 0 aromatic carbocycles. The maximum atomic E-state index is 12.8. The van der Waals surface area contributed by atoms with Gasteiger partial charge >= 0.3 is 0 Å². The number of rotatable bonds is 3. The molecule has 4 heteroatoms. The summed E-state index contributed by atoms with van der Waals surface area (Å²) < 4.78 is 12.8. The molecular formula is C11H15FN2O. The maximum absolute atomic E-state index is 12.8. The lowest BCUT2D eigenvalue weighted by molar-refractivity contribution is 0.0910. The summed E-state index contributed by atoms with van der Waals surface area (Å²) in [6.07, 6.45) is 2.09. The predicted molar refractivity (Wildman–Crippen MR) is 56.0 cm³/mol. The SMILES string of the molecule is CCC(C)(C)NC(=O)c1ccnc(F)c1. The van der Waals surface area contributed by atoms with E-state index in [1.165, 1.54) is 12.3 Å². The van der Waals surface area contributed by atoms with Crippen LogP contribution in [0.2, 0.25) is 0 Å². The molecule has 0 spiro atoms. The highest BCUT2D eigenvalue weighted by Gasteiger charge is 2.18. The molecule has 1 N–H and O–H groups in total. The van der Waals surface area contributed by atoms with E-state index in [0.717, 1.165) is 12.5 Å². The van der Waals surface area contributed by atoms with E-state index >= 15 is 0 Å². The molecule has 0 aliphatic rings. The summed E-state index contributed by atoms with van der Waals surface area (Å²) in [5.74, 6) is -0.917. The number of nitrogens with zero attached hydrogens (tertiary/aromatic N) is 1. The Bertz CT molecular complexity index is 363. The van der Waals surface area contributed by atoms with Gasteiger partial charge in [-0.3, -0.25) is 4.79 Å². The van der Waals surface area contributed by atoms with Crippen LogP contribution in [0.1, 0.15) is 37.6 Å². The Labute approximate surface area is 88.7 Å². The van der Waals surface area contributed by atoms with Crippen LogP contribution in [0, 0.1) is 5.95 Å². The second-order valence-electron chi connectivity index (χ2n) is 4.06. The quantitative estimate of drug-likeness (QED) is 0.776. The van der Waals surface area contributed by atoms with Crippen molar-refractivity contribution in [2.75, 3.05) is 0 Å². The Morgan fingerprint density at radius 3 is 2.80 bits per heavy atom. The zero-order valence-electron chi connectivity index (χ0n) is 9.17. The van der Waals surface area contributed by atoms with Gasteiger partial charge in [0.1, 0.15) is 0 Å². The molecule has 1 amide bonds. The Morgan fingerprint density at radius 2 is 2.27 bits per heavy atom. The molecule has 0 aliphatic carbocycles. The lowest BCUT2D eigenvalue weighted by Gasteiger charge is -2.24. The number of hydrogen-bond donors (Lipinski definition) is 1. The third-order valence-electron chi connectivity index (χ3n) is 2.32. The summed E-state index contributed by atoms with van der Waals surface area (Å²) in [6.45, 7) is 5.82. The predicted octanol–water partition coefficient (Wildman–Crippen LogP) is 2.14. The van der Waals surface area contributed by atoms with Crippen molar-refractivity contribution < 1.29 is 9.18 Å². The van der Waals surface area contributed by atoms with Crippen LogP contribution >= 0.6 is 0 Å². The van der Waals surface area contributed by atoms with Crippen molar-refractivity contribution in [3.63, 3.8) is 0 Å². The Kier molecular flexibility index (Phi) is 3.39. The molecule has 0 bridgehead atoms. The molecule has 1 heterocycles. The normalized spacial score (nSPS) is 11.2. The molecule has 15 heavy (non-hydrogen) atoms. The van der Waals surface area contributed by atoms with Gasteiger partial charge in [0, 0.05) is 23.4 Å². The third kappa shape index (κ3) is 3.31. The van der Waals surface area contributed by atoms with E-state index in [0.29, 0.717) is 5.56 Å². The minimum atomic E-state index is -0.642. The van der Waals surface area contributed by atoms with Crippen LogP contribution in [0.4, 0.5) is 4.39 Å². The van der Waals surface area contributed by atoms with Crippen LogP contribution in [0.5, 0.6) is 0 Å². The number of nitrogens with one attached hydrogen (secondary N) is 1. The molecule has 1 aromatic rings. The zero-order chi connectivity index (χ0) is 11.5. The first-order valence-corrected chi connectivity index (χ1v) is 4.88. The first-order chi connectivity index (χ1) is 6.94. The first kappa shape index (κ1) is 11.6. The van der Waals surface area contributed by atoms with E-state index < -0.39 is 5.95 Å². The van der Waals surface area contributed by atoms with Crippen molar-refractivity contribution in [3.8, 4) is 0 Å². The smallest absolute Gasteiger partial charge is 0.251 e. The summed E-state index contributed by atoms with van der Waals surface area (Å²) >= 11 is 0. The fourth-order valence-corrected chi connectivity index (χ4v) is 1.01. The standard InChI is InChI=1S/C11H15FN2O/c1-4-11(2,3)14-10(15)8-5-6-13-9(12)7-8/h5-7H,4H2,1-3H3,(H,14,15). The van der Waals surface area contributed by atoms with Crippen LogP contribution < -0.4 is 5.32 Å². The highest BCUT2D eigenvalue weighted by atomic mass is 19.1. The summed E-state index contributed by atoms with van der Waals surface area (Å²) in [7, 11) is 0. The number of hydrogen-bond acceptors (Lipinski definition) is 2. The molecule has 0 unspecified atom stereocenters.